The van der Waals surface area contributed by atoms with E-state index in [-0.39, 0.29) is 0 Å². The highest BCUT2D eigenvalue weighted by Crippen LogP contribution is 2.12. The number of rotatable bonds is 14. The number of alkyl halides is 2. The normalized spacial score (nSPS) is 10.9. The molecule has 0 radical (unpaired) electrons. The van der Waals surface area contributed by atoms with E-state index in [1.54, 1.807) is 0 Å². The average molecular weight is 464 g/mol. The number of halogens is 2. The summed E-state index contributed by atoms with van der Waals surface area (Å²) in [5.41, 5.74) is 0. The van der Waals surface area contributed by atoms with Crippen molar-refractivity contribution in [2.45, 2.75) is 83.5 Å². The minimum atomic E-state index is 1.34. The van der Waals surface area contributed by atoms with Crippen LogP contribution in [0.25, 0.3) is 0 Å². The van der Waals surface area contributed by atoms with Gasteiger partial charge in [-0.25, -0.2) is 0 Å². The topological polar surface area (TPSA) is 0 Å². The molecule has 104 valence electrons. The second-order valence-corrected chi connectivity index (χ2v) is 7.13. The molecule has 0 aliphatic rings. The lowest BCUT2D eigenvalue weighted by atomic mass is 10.1. The number of unbranched alkanes of at least 4 members (excludes halogenated alkanes) is 12. The first-order valence-corrected chi connectivity index (χ1v) is 10.6. The van der Waals surface area contributed by atoms with Gasteiger partial charge in [-0.1, -0.05) is 116 Å². The fourth-order valence-electron chi connectivity index (χ4n) is 2.13. The zero-order valence-electron chi connectivity index (χ0n) is 11.4. The molecule has 0 fully saturated rings. The summed E-state index contributed by atoms with van der Waals surface area (Å²) in [6.07, 6.45) is 19.1. The van der Waals surface area contributed by atoms with Gasteiger partial charge in [0.1, 0.15) is 0 Å². The van der Waals surface area contributed by atoms with Crippen molar-refractivity contribution in [2.24, 2.45) is 0 Å². The Bertz CT molecular complexity index is 112. The van der Waals surface area contributed by atoms with E-state index in [0.717, 1.165) is 0 Å². The van der Waals surface area contributed by atoms with Crippen LogP contribution in [-0.2, 0) is 0 Å². The lowest BCUT2D eigenvalue weighted by Gasteiger charge is -2.02. The van der Waals surface area contributed by atoms with Crippen LogP contribution in [0.4, 0.5) is 0 Å². The zero-order valence-corrected chi connectivity index (χ0v) is 15.7. The maximum atomic E-state index is 2.48. The van der Waals surface area contributed by atoms with Gasteiger partial charge in [0, 0.05) is 0 Å². The Morgan fingerprint density at radius 1 is 0.294 bits per heavy atom. The third-order valence-electron chi connectivity index (χ3n) is 3.27. The minimum Gasteiger partial charge on any atom is -0.0864 e. The number of hydrogen-bond acceptors (Lipinski definition) is 0. The van der Waals surface area contributed by atoms with E-state index < -0.39 is 0 Å². The third kappa shape index (κ3) is 17.5. The van der Waals surface area contributed by atoms with E-state index in [4.69, 9.17) is 0 Å². The largest absolute Gasteiger partial charge is 0.0864 e. The Morgan fingerprint density at radius 3 is 0.647 bits per heavy atom. The molecule has 0 rings (SSSR count). The van der Waals surface area contributed by atoms with Gasteiger partial charge in [0.2, 0.25) is 0 Å². The molecule has 0 amide bonds. The molecule has 0 aliphatic carbocycles. The maximum absolute atomic E-state index is 2.48. The summed E-state index contributed by atoms with van der Waals surface area (Å²) in [5.74, 6) is 0. The van der Waals surface area contributed by atoms with Crippen LogP contribution < -0.4 is 0 Å². The monoisotopic (exact) mass is 464 g/mol. The Balaban J connectivity index is 2.85. The van der Waals surface area contributed by atoms with Crippen molar-refractivity contribution < 1.29 is 0 Å². The fourth-order valence-corrected chi connectivity index (χ4v) is 3.21. The second-order valence-electron chi connectivity index (χ2n) is 4.97. The van der Waals surface area contributed by atoms with Gasteiger partial charge >= 0.3 is 0 Å². The van der Waals surface area contributed by atoms with Crippen molar-refractivity contribution in [3.63, 3.8) is 0 Å². The molecule has 0 bridgehead atoms. The van der Waals surface area contributed by atoms with Crippen LogP contribution in [0, 0.1) is 0 Å². The molecule has 2 heteroatoms. The summed E-state index contributed by atoms with van der Waals surface area (Å²) in [4.78, 5) is 0. The van der Waals surface area contributed by atoms with E-state index >= 15 is 0 Å². The first-order valence-electron chi connectivity index (χ1n) is 7.53. The van der Waals surface area contributed by atoms with E-state index in [9.17, 15) is 0 Å². The summed E-state index contributed by atoms with van der Waals surface area (Å²) in [5, 5.41) is 0. The SMILES string of the molecule is ICCCCCCCCCCCCCCCI. The Morgan fingerprint density at radius 2 is 0.471 bits per heavy atom. The van der Waals surface area contributed by atoms with Crippen molar-refractivity contribution in [1.29, 1.82) is 0 Å². The molecule has 0 saturated carbocycles. The summed E-state index contributed by atoms with van der Waals surface area (Å²) in [6.45, 7) is 0. The molecule has 0 heterocycles. The van der Waals surface area contributed by atoms with Crippen molar-refractivity contribution in [3.05, 3.63) is 0 Å². The molecule has 0 aliphatic heterocycles. The third-order valence-corrected chi connectivity index (χ3v) is 4.79. The van der Waals surface area contributed by atoms with Gasteiger partial charge in [0.25, 0.3) is 0 Å². The molecule has 0 spiro atoms. The van der Waals surface area contributed by atoms with E-state index in [2.05, 4.69) is 45.2 Å². The van der Waals surface area contributed by atoms with Crippen LogP contribution in [0.15, 0.2) is 0 Å². The van der Waals surface area contributed by atoms with Gasteiger partial charge in [-0.15, -0.1) is 0 Å². The van der Waals surface area contributed by atoms with Crippen molar-refractivity contribution in [2.75, 3.05) is 8.86 Å². The van der Waals surface area contributed by atoms with Crippen LogP contribution in [0.5, 0.6) is 0 Å². The predicted molar refractivity (Wildman–Crippen MR) is 97.8 cm³/mol. The van der Waals surface area contributed by atoms with E-state index in [1.807, 2.05) is 0 Å². The van der Waals surface area contributed by atoms with Crippen molar-refractivity contribution in [1.82, 2.24) is 0 Å². The maximum Gasteiger partial charge on any atom is -0.000473 e. The van der Waals surface area contributed by atoms with Gasteiger partial charge in [0.15, 0.2) is 0 Å². The molecule has 0 nitrogen and oxygen atoms in total. The predicted octanol–water partition coefficient (Wildman–Crippen LogP) is 6.93. The van der Waals surface area contributed by atoms with Gasteiger partial charge in [-0.05, 0) is 21.7 Å². The second kappa shape index (κ2) is 17.5. The molecular formula is C15H30I2. The number of hydrogen-bond donors (Lipinski definition) is 0. The molecule has 0 aromatic heterocycles. The highest BCUT2D eigenvalue weighted by atomic mass is 127. The molecule has 0 aromatic carbocycles. The molecule has 17 heavy (non-hydrogen) atoms. The lowest BCUT2D eigenvalue weighted by Crippen LogP contribution is -1.83. The van der Waals surface area contributed by atoms with Gasteiger partial charge in [-0.2, -0.15) is 0 Å². The molecule has 0 N–H and O–H groups in total. The minimum absolute atomic E-state index is 1.34. The average Bonchev–Trinajstić information content (AvgIpc) is 2.35. The molecule has 0 saturated heterocycles. The van der Waals surface area contributed by atoms with Crippen LogP contribution in [0.2, 0.25) is 0 Å². The zero-order chi connectivity index (χ0) is 12.6. The van der Waals surface area contributed by atoms with Gasteiger partial charge in [-0.3, -0.25) is 0 Å². The summed E-state index contributed by atoms with van der Waals surface area (Å²) < 4.78 is 2.69. The van der Waals surface area contributed by atoms with Crippen molar-refractivity contribution in [3.8, 4) is 0 Å². The quantitative estimate of drug-likeness (QED) is 0.149. The lowest BCUT2D eigenvalue weighted by molar-refractivity contribution is 0.544. The Kier molecular flexibility index (Phi) is 19.0. The van der Waals surface area contributed by atoms with Crippen LogP contribution in [0.1, 0.15) is 83.5 Å². The van der Waals surface area contributed by atoms with Gasteiger partial charge < -0.3 is 0 Å². The van der Waals surface area contributed by atoms with Crippen LogP contribution in [0.3, 0.4) is 0 Å². The fraction of sp³-hybridized carbons (Fsp3) is 1.00. The van der Waals surface area contributed by atoms with Gasteiger partial charge in [0.05, 0.1) is 0 Å². The highest BCUT2D eigenvalue weighted by Gasteiger charge is 1.93. The smallest absolute Gasteiger partial charge is 0.000473 e. The molecule has 0 aromatic rings. The van der Waals surface area contributed by atoms with Crippen LogP contribution in [-0.4, -0.2) is 8.86 Å². The first-order chi connectivity index (χ1) is 8.41. The van der Waals surface area contributed by atoms with Crippen molar-refractivity contribution >= 4 is 45.2 Å². The molecular weight excluding hydrogens is 434 g/mol. The molecule has 0 atom stereocenters. The Hall–Kier alpha value is 1.46. The highest BCUT2D eigenvalue weighted by molar-refractivity contribution is 14.1. The van der Waals surface area contributed by atoms with E-state index in [0.29, 0.717) is 0 Å². The first kappa shape index (κ1) is 18.5. The summed E-state index contributed by atoms with van der Waals surface area (Å²) in [6, 6.07) is 0. The summed E-state index contributed by atoms with van der Waals surface area (Å²) >= 11 is 4.96. The standard InChI is InChI=1S/C15H30I2/c16-14-12-10-8-6-4-2-1-3-5-7-9-11-13-15-17/h1-15H2. The summed E-state index contributed by atoms with van der Waals surface area (Å²) in [7, 11) is 0. The Labute approximate surface area is 136 Å². The van der Waals surface area contributed by atoms with E-state index in [1.165, 1.54) is 92.3 Å². The van der Waals surface area contributed by atoms with Crippen LogP contribution >= 0.6 is 45.2 Å². The molecule has 0 unspecified atom stereocenters.